The zero-order chi connectivity index (χ0) is 23.4. The first-order chi connectivity index (χ1) is 15.7. The Labute approximate surface area is 196 Å². The van der Waals surface area contributed by atoms with Gasteiger partial charge in [-0.3, -0.25) is 4.79 Å². The lowest BCUT2D eigenvalue weighted by Gasteiger charge is -2.23. The number of nitrogens with zero attached hydrogens (tertiary/aromatic N) is 1. The van der Waals surface area contributed by atoms with Gasteiger partial charge < -0.3 is 19.7 Å². The minimum Gasteiger partial charge on any atom is -0.493 e. The molecule has 0 saturated heterocycles. The summed E-state index contributed by atoms with van der Waals surface area (Å²) in [6.07, 6.45) is 2.67. The summed E-state index contributed by atoms with van der Waals surface area (Å²) in [7, 11) is 2.06. The van der Waals surface area contributed by atoms with E-state index in [0.717, 1.165) is 60.3 Å². The third kappa shape index (κ3) is 3.95. The maximum atomic E-state index is 13.4. The van der Waals surface area contributed by atoms with Crippen LogP contribution in [0.3, 0.4) is 0 Å². The molecule has 1 aliphatic carbocycles. The lowest BCUT2D eigenvalue weighted by molar-refractivity contribution is -0.118. The second kappa shape index (κ2) is 7.95. The van der Waals surface area contributed by atoms with E-state index in [1.165, 1.54) is 11.3 Å². The van der Waals surface area contributed by atoms with E-state index in [2.05, 4.69) is 68.8 Å². The van der Waals surface area contributed by atoms with Crippen molar-refractivity contribution in [2.45, 2.75) is 63.2 Å². The zero-order valence-corrected chi connectivity index (χ0v) is 20.1. The average Bonchev–Trinajstić information content (AvgIpc) is 3.32. The molecule has 2 aromatic carbocycles. The Morgan fingerprint density at radius 3 is 2.70 bits per heavy atom. The molecule has 1 saturated carbocycles. The fourth-order valence-corrected chi connectivity index (χ4v) is 5.04. The Kier molecular flexibility index (Phi) is 5.32. The van der Waals surface area contributed by atoms with Crippen molar-refractivity contribution in [3.8, 4) is 5.75 Å². The highest BCUT2D eigenvalue weighted by molar-refractivity contribution is 6.11. The number of carbonyl (C=O) groups excluding carboxylic acids is 1. The Balaban J connectivity index is 1.43. The predicted octanol–water partition coefficient (Wildman–Crippen LogP) is 3.96. The molecule has 5 rings (SSSR count). The van der Waals surface area contributed by atoms with E-state index in [1.807, 2.05) is 12.1 Å². The van der Waals surface area contributed by atoms with Gasteiger partial charge in [0, 0.05) is 47.3 Å². The van der Waals surface area contributed by atoms with Crippen LogP contribution in [0.2, 0.25) is 5.82 Å². The summed E-state index contributed by atoms with van der Waals surface area (Å²) in [5.41, 5.74) is 5.07. The van der Waals surface area contributed by atoms with Gasteiger partial charge in [-0.2, -0.15) is 0 Å². The van der Waals surface area contributed by atoms with E-state index in [0.29, 0.717) is 0 Å². The molecule has 2 aliphatic rings. The minimum absolute atomic E-state index is 0.0209. The van der Waals surface area contributed by atoms with Crippen LogP contribution in [0.25, 0.3) is 10.9 Å². The molecule has 1 aromatic heterocycles. The van der Waals surface area contributed by atoms with Gasteiger partial charge >= 0.3 is 0 Å². The van der Waals surface area contributed by atoms with Crippen LogP contribution in [0, 0.1) is 0 Å². The van der Waals surface area contributed by atoms with E-state index in [9.17, 15) is 9.90 Å². The average molecular weight is 444 g/mol. The molecule has 0 bridgehead atoms. The Morgan fingerprint density at radius 2 is 2.00 bits per heavy atom. The van der Waals surface area contributed by atoms with E-state index >= 15 is 0 Å². The molecule has 1 atom stereocenters. The number of hydrogen-bond acceptors (Lipinski definition) is 3. The fourth-order valence-electron chi connectivity index (χ4n) is 5.04. The summed E-state index contributed by atoms with van der Waals surface area (Å²) in [6, 6.07) is 14.6. The van der Waals surface area contributed by atoms with Gasteiger partial charge in [0.1, 0.15) is 13.6 Å². The molecular formula is C27H33BN2O3. The number of nitrogens with one attached hydrogen (secondary N) is 1. The van der Waals surface area contributed by atoms with Gasteiger partial charge in [0.05, 0.1) is 12.0 Å². The Morgan fingerprint density at radius 1 is 1.21 bits per heavy atom. The highest BCUT2D eigenvalue weighted by atomic mass is 16.5. The number of ether oxygens (including phenoxy) is 1. The van der Waals surface area contributed by atoms with Crippen molar-refractivity contribution in [1.29, 1.82) is 0 Å². The smallest absolute Gasteiger partial charge is 0.235 e. The topological polar surface area (TPSA) is 63.5 Å². The molecule has 33 heavy (non-hydrogen) atoms. The fraction of sp³-hybridized carbons (Fsp3) is 0.444. The van der Waals surface area contributed by atoms with Crippen LogP contribution in [-0.2, 0) is 28.6 Å². The second-order valence-corrected chi connectivity index (χ2v) is 10.9. The van der Waals surface area contributed by atoms with Gasteiger partial charge in [0.2, 0.25) is 5.91 Å². The SMILES string of the molecule is BC(CO)Cn1c(C(C)(C)C)cc2cc(NC(=O)C3(c4ccc5c(c4)CCO5)CC3)ccc21. The highest BCUT2D eigenvalue weighted by Crippen LogP contribution is 2.50. The lowest BCUT2D eigenvalue weighted by atomic mass is 9.87. The number of aromatic nitrogens is 1. The Hall–Kier alpha value is -2.73. The first kappa shape index (κ1) is 22.1. The van der Waals surface area contributed by atoms with Gasteiger partial charge in [-0.05, 0) is 60.1 Å². The third-order valence-corrected chi connectivity index (χ3v) is 7.16. The lowest BCUT2D eigenvalue weighted by Crippen LogP contribution is -2.27. The van der Waals surface area contributed by atoms with Crippen molar-refractivity contribution >= 4 is 30.3 Å². The number of carbonyl (C=O) groups is 1. The van der Waals surface area contributed by atoms with Crippen molar-refractivity contribution < 1.29 is 14.6 Å². The van der Waals surface area contributed by atoms with Crippen LogP contribution in [0.1, 0.15) is 50.4 Å². The summed E-state index contributed by atoms with van der Waals surface area (Å²) in [6.45, 7) is 8.29. The van der Waals surface area contributed by atoms with Crippen LogP contribution in [0.15, 0.2) is 42.5 Å². The number of rotatable bonds is 6. The van der Waals surface area contributed by atoms with Crippen LogP contribution in [0.5, 0.6) is 5.75 Å². The number of hydrogen-bond donors (Lipinski definition) is 2. The molecular weight excluding hydrogens is 411 g/mol. The molecule has 0 radical (unpaired) electrons. The normalized spacial score (nSPS) is 17.5. The van der Waals surface area contributed by atoms with Crippen molar-refractivity contribution in [3.63, 3.8) is 0 Å². The first-order valence-electron chi connectivity index (χ1n) is 12.0. The largest absolute Gasteiger partial charge is 0.493 e. The summed E-state index contributed by atoms with van der Waals surface area (Å²) in [5.74, 6) is 1.20. The zero-order valence-electron chi connectivity index (χ0n) is 20.1. The highest BCUT2D eigenvalue weighted by Gasteiger charge is 2.51. The van der Waals surface area contributed by atoms with Crippen LogP contribution in [-0.4, -0.2) is 36.6 Å². The van der Waals surface area contributed by atoms with Gasteiger partial charge in [0.25, 0.3) is 0 Å². The molecule has 1 aliphatic heterocycles. The van der Waals surface area contributed by atoms with Crippen molar-refractivity contribution in [1.82, 2.24) is 4.57 Å². The third-order valence-electron chi connectivity index (χ3n) is 7.16. The first-order valence-corrected chi connectivity index (χ1v) is 12.0. The second-order valence-electron chi connectivity index (χ2n) is 10.9. The molecule has 172 valence electrons. The molecule has 1 amide bonds. The molecule has 1 unspecified atom stereocenters. The molecule has 6 heteroatoms. The van der Waals surface area contributed by atoms with Gasteiger partial charge in [0.15, 0.2) is 0 Å². The van der Waals surface area contributed by atoms with Crippen LogP contribution >= 0.6 is 0 Å². The van der Waals surface area contributed by atoms with Crippen LogP contribution in [0.4, 0.5) is 5.69 Å². The van der Waals surface area contributed by atoms with E-state index < -0.39 is 5.41 Å². The number of fused-ring (bicyclic) bond motifs is 2. The summed E-state index contributed by atoms with van der Waals surface area (Å²) in [5, 5.41) is 13.9. The van der Waals surface area contributed by atoms with Crippen molar-refractivity contribution in [2.24, 2.45) is 0 Å². The molecule has 0 spiro atoms. The maximum absolute atomic E-state index is 13.4. The number of aliphatic hydroxyl groups excluding tert-OH is 1. The van der Waals surface area contributed by atoms with Crippen molar-refractivity contribution in [2.75, 3.05) is 18.5 Å². The van der Waals surface area contributed by atoms with Gasteiger partial charge in [-0.15, -0.1) is 0 Å². The summed E-state index contributed by atoms with van der Waals surface area (Å²) in [4.78, 5) is 13.4. The number of aliphatic hydroxyl groups is 1. The van der Waals surface area contributed by atoms with Gasteiger partial charge in [-0.25, -0.2) is 0 Å². The molecule has 2 N–H and O–H groups in total. The maximum Gasteiger partial charge on any atom is 0.235 e. The van der Waals surface area contributed by atoms with Crippen molar-refractivity contribution in [3.05, 3.63) is 59.3 Å². The number of benzene rings is 2. The summed E-state index contributed by atoms with van der Waals surface area (Å²) < 4.78 is 7.95. The van der Waals surface area contributed by atoms with E-state index in [1.54, 1.807) is 0 Å². The number of amides is 1. The van der Waals surface area contributed by atoms with E-state index in [-0.39, 0.29) is 23.7 Å². The predicted molar refractivity (Wildman–Crippen MR) is 135 cm³/mol. The standard InChI is InChI=1S/C27H33BN2O3/c1-26(2,3)24-14-18-13-21(5-6-22(18)30(24)15-20(28)16-31)29-25(32)27(9-10-27)19-4-7-23-17(12-19)8-11-33-23/h4-7,12-14,20,31H,8-11,15-16,28H2,1-3H3,(H,29,32). The quantitative estimate of drug-likeness (QED) is 0.566. The molecule has 3 aromatic rings. The van der Waals surface area contributed by atoms with E-state index in [4.69, 9.17) is 4.74 Å². The molecule has 2 heterocycles. The van der Waals surface area contributed by atoms with Crippen LogP contribution < -0.4 is 10.1 Å². The Bertz CT molecular complexity index is 1220. The molecule has 1 fully saturated rings. The monoisotopic (exact) mass is 444 g/mol. The minimum atomic E-state index is -0.425. The summed E-state index contributed by atoms with van der Waals surface area (Å²) >= 11 is 0. The van der Waals surface area contributed by atoms with Gasteiger partial charge in [-0.1, -0.05) is 32.9 Å². The number of anilines is 1. The molecule has 5 nitrogen and oxygen atoms in total.